The minimum atomic E-state index is -0.0285. The number of hydrogen-bond donors (Lipinski definition) is 2. The maximum absolute atomic E-state index is 9.68. The molecule has 1 unspecified atom stereocenters. The van der Waals surface area contributed by atoms with Crippen molar-refractivity contribution in [2.75, 3.05) is 13.7 Å². The summed E-state index contributed by atoms with van der Waals surface area (Å²) in [4.78, 5) is 0. The van der Waals surface area contributed by atoms with E-state index >= 15 is 0 Å². The maximum Gasteiger partial charge on any atom is 0.123 e. The molecular weight excluding hydrogens is 238 g/mol. The molecule has 0 heterocycles. The number of hydrogen-bond acceptors (Lipinski definition) is 3. The number of aliphatic hydroxyl groups is 1. The fourth-order valence-electron chi connectivity index (χ4n) is 2.93. The van der Waals surface area contributed by atoms with Crippen molar-refractivity contribution in [3.63, 3.8) is 0 Å². The second-order valence-electron chi connectivity index (χ2n) is 5.33. The molecule has 1 saturated carbocycles. The van der Waals surface area contributed by atoms with Gasteiger partial charge in [0.2, 0.25) is 0 Å². The van der Waals surface area contributed by atoms with E-state index in [1.807, 2.05) is 24.3 Å². The van der Waals surface area contributed by atoms with E-state index in [2.05, 4.69) is 5.32 Å². The minimum absolute atomic E-state index is 0.0285. The summed E-state index contributed by atoms with van der Waals surface area (Å²) < 4.78 is 5.39. The third-order valence-corrected chi connectivity index (χ3v) is 3.99. The molecule has 0 saturated heterocycles. The fraction of sp³-hybridized carbons (Fsp3) is 0.625. The molecule has 0 aromatic heterocycles. The molecule has 2 N–H and O–H groups in total. The van der Waals surface area contributed by atoms with Crippen LogP contribution in [0.4, 0.5) is 0 Å². The van der Waals surface area contributed by atoms with Gasteiger partial charge < -0.3 is 15.2 Å². The largest absolute Gasteiger partial charge is 0.496 e. The molecule has 1 aliphatic rings. The molecule has 3 heteroatoms. The molecule has 0 aliphatic heterocycles. The van der Waals surface area contributed by atoms with Crippen molar-refractivity contribution < 1.29 is 9.84 Å². The van der Waals surface area contributed by atoms with E-state index in [4.69, 9.17) is 4.74 Å². The quantitative estimate of drug-likeness (QED) is 0.802. The monoisotopic (exact) mass is 263 g/mol. The van der Waals surface area contributed by atoms with Gasteiger partial charge in [-0.2, -0.15) is 0 Å². The van der Waals surface area contributed by atoms with Crippen LogP contribution in [0.3, 0.4) is 0 Å². The summed E-state index contributed by atoms with van der Waals surface area (Å²) in [6.07, 6.45) is 7.70. The lowest BCUT2D eigenvalue weighted by molar-refractivity contribution is 0.225. The normalized spacial score (nSPS) is 18.8. The van der Waals surface area contributed by atoms with Crippen LogP contribution in [0.2, 0.25) is 0 Å². The average molecular weight is 263 g/mol. The maximum atomic E-state index is 9.68. The number of methoxy groups -OCH3 is 1. The van der Waals surface area contributed by atoms with Gasteiger partial charge in [0.1, 0.15) is 5.75 Å². The highest BCUT2D eigenvalue weighted by Gasteiger charge is 2.20. The van der Waals surface area contributed by atoms with Gasteiger partial charge in [-0.3, -0.25) is 0 Å². The van der Waals surface area contributed by atoms with E-state index in [-0.39, 0.29) is 12.6 Å². The Kier molecular flexibility index (Phi) is 5.67. The third kappa shape index (κ3) is 3.95. The van der Waals surface area contributed by atoms with Crippen LogP contribution in [0.25, 0.3) is 0 Å². The number of para-hydroxylation sites is 1. The first-order valence-corrected chi connectivity index (χ1v) is 7.35. The molecule has 0 radical (unpaired) electrons. The third-order valence-electron chi connectivity index (χ3n) is 3.99. The van der Waals surface area contributed by atoms with Gasteiger partial charge in [-0.25, -0.2) is 0 Å². The number of nitrogens with one attached hydrogen (secondary N) is 1. The Hall–Kier alpha value is -1.06. The number of rotatable bonds is 5. The van der Waals surface area contributed by atoms with Gasteiger partial charge >= 0.3 is 0 Å². The highest BCUT2D eigenvalue weighted by molar-refractivity contribution is 5.36. The van der Waals surface area contributed by atoms with Gasteiger partial charge in [-0.05, 0) is 18.9 Å². The van der Waals surface area contributed by atoms with Crippen molar-refractivity contribution in [3.05, 3.63) is 29.8 Å². The molecule has 19 heavy (non-hydrogen) atoms. The first kappa shape index (κ1) is 14.4. The van der Waals surface area contributed by atoms with E-state index in [1.165, 1.54) is 38.5 Å². The molecule has 0 bridgehead atoms. The van der Waals surface area contributed by atoms with Crippen molar-refractivity contribution in [2.45, 2.75) is 50.6 Å². The van der Waals surface area contributed by atoms with Crippen molar-refractivity contribution in [3.8, 4) is 5.75 Å². The first-order chi connectivity index (χ1) is 9.35. The standard InChI is InChI=1S/C16H25NO2/c1-19-16-11-7-6-10-14(16)15(12-18)17-13-8-4-2-3-5-9-13/h6-7,10-11,13,15,17-18H,2-5,8-9,12H2,1H3. The Morgan fingerprint density at radius 2 is 1.89 bits per heavy atom. The van der Waals surface area contributed by atoms with Gasteiger partial charge in [0.15, 0.2) is 0 Å². The molecule has 0 spiro atoms. The van der Waals surface area contributed by atoms with Gasteiger partial charge in [0, 0.05) is 11.6 Å². The molecular formula is C16H25NO2. The van der Waals surface area contributed by atoms with Crippen molar-refractivity contribution in [1.82, 2.24) is 5.32 Å². The molecule has 1 aromatic rings. The SMILES string of the molecule is COc1ccccc1C(CO)NC1CCCCCC1. The van der Waals surface area contributed by atoms with Gasteiger partial charge in [0.25, 0.3) is 0 Å². The second-order valence-corrected chi connectivity index (χ2v) is 5.33. The molecule has 1 atom stereocenters. The molecule has 1 aromatic carbocycles. The van der Waals surface area contributed by atoms with Crippen LogP contribution < -0.4 is 10.1 Å². The number of ether oxygens (including phenoxy) is 1. The molecule has 3 nitrogen and oxygen atoms in total. The lowest BCUT2D eigenvalue weighted by atomic mass is 10.0. The highest BCUT2D eigenvalue weighted by Crippen LogP contribution is 2.27. The highest BCUT2D eigenvalue weighted by atomic mass is 16.5. The number of benzene rings is 1. The van der Waals surface area contributed by atoms with Crippen LogP contribution in [0.15, 0.2) is 24.3 Å². The zero-order valence-electron chi connectivity index (χ0n) is 11.8. The summed E-state index contributed by atoms with van der Waals surface area (Å²) in [7, 11) is 1.68. The van der Waals surface area contributed by atoms with Crippen LogP contribution in [0.5, 0.6) is 5.75 Å². The Morgan fingerprint density at radius 1 is 1.21 bits per heavy atom. The Morgan fingerprint density at radius 3 is 2.53 bits per heavy atom. The summed E-state index contributed by atoms with van der Waals surface area (Å²) in [6, 6.07) is 8.43. The fourth-order valence-corrected chi connectivity index (χ4v) is 2.93. The predicted molar refractivity (Wildman–Crippen MR) is 77.4 cm³/mol. The van der Waals surface area contributed by atoms with Gasteiger partial charge in [-0.15, -0.1) is 0 Å². The van der Waals surface area contributed by atoms with Crippen LogP contribution in [0, 0.1) is 0 Å². The summed E-state index contributed by atoms with van der Waals surface area (Å²) in [5.74, 6) is 0.850. The lowest BCUT2D eigenvalue weighted by Gasteiger charge is -2.25. The Balaban J connectivity index is 2.06. The second kappa shape index (κ2) is 7.51. The van der Waals surface area contributed by atoms with E-state index in [0.29, 0.717) is 6.04 Å². The van der Waals surface area contributed by atoms with E-state index in [1.54, 1.807) is 7.11 Å². The van der Waals surface area contributed by atoms with Gasteiger partial charge in [-0.1, -0.05) is 43.9 Å². The van der Waals surface area contributed by atoms with Crippen molar-refractivity contribution in [2.24, 2.45) is 0 Å². The van der Waals surface area contributed by atoms with Crippen LogP contribution in [-0.4, -0.2) is 24.9 Å². The summed E-state index contributed by atoms with van der Waals surface area (Å²) in [5.41, 5.74) is 1.05. The van der Waals surface area contributed by atoms with Crippen molar-refractivity contribution in [1.29, 1.82) is 0 Å². The van der Waals surface area contributed by atoms with Crippen LogP contribution in [-0.2, 0) is 0 Å². The van der Waals surface area contributed by atoms with Crippen molar-refractivity contribution >= 4 is 0 Å². The van der Waals surface area contributed by atoms with Crippen LogP contribution in [0.1, 0.15) is 50.1 Å². The lowest BCUT2D eigenvalue weighted by Crippen LogP contribution is -2.34. The summed E-state index contributed by atoms with van der Waals surface area (Å²) >= 11 is 0. The minimum Gasteiger partial charge on any atom is -0.496 e. The number of aliphatic hydroxyl groups excluding tert-OH is 1. The molecule has 2 rings (SSSR count). The first-order valence-electron chi connectivity index (χ1n) is 7.35. The topological polar surface area (TPSA) is 41.5 Å². The molecule has 1 fully saturated rings. The van der Waals surface area contributed by atoms with Gasteiger partial charge in [0.05, 0.1) is 19.8 Å². The smallest absolute Gasteiger partial charge is 0.123 e. The molecule has 106 valence electrons. The van der Waals surface area contributed by atoms with E-state index in [0.717, 1.165) is 11.3 Å². The van der Waals surface area contributed by atoms with E-state index in [9.17, 15) is 5.11 Å². The molecule has 0 amide bonds. The molecule has 1 aliphatic carbocycles. The Labute approximate surface area is 116 Å². The zero-order chi connectivity index (χ0) is 13.5. The van der Waals surface area contributed by atoms with E-state index < -0.39 is 0 Å². The zero-order valence-corrected chi connectivity index (χ0v) is 11.8. The van der Waals surface area contributed by atoms with Crippen LogP contribution >= 0.6 is 0 Å². The predicted octanol–water partition coefficient (Wildman–Crippen LogP) is 3.04. The summed E-state index contributed by atoms with van der Waals surface area (Å²) in [5, 5.41) is 13.3. The Bertz CT molecular complexity index is 373. The average Bonchev–Trinajstić information content (AvgIpc) is 2.73. The summed E-state index contributed by atoms with van der Waals surface area (Å²) in [6.45, 7) is 0.108.